The van der Waals surface area contributed by atoms with Gasteiger partial charge in [0.15, 0.2) is 11.5 Å². The molecule has 3 heteroatoms. The molecule has 0 saturated carbocycles. The predicted octanol–water partition coefficient (Wildman–Crippen LogP) is 3.01. The van der Waals surface area contributed by atoms with E-state index in [1.54, 1.807) is 14.2 Å². The van der Waals surface area contributed by atoms with Crippen molar-refractivity contribution < 1.29 is 9.47 Å². The SMILES string of the molecule is COc1c(C)cc(C)c(CC2CCCCN2)c1OC. The van der Waals surface area contributed by atoms with Crippen molar-refractivity contribution in [1.29, 1.82) is 0 Å². The van der Waals surface area contributed by atoms with E-state index in [0.29, 0.717) is 6.04 Å². The Hall–Kier alpha value is -1.22. The van der Waals surface area contributed by atoms with Crippen LogP contribution in [-0.2, 0) is 6.42 Å². The van der Waals surface area contributed by atoms with E-state index in [1.165, 1.54) is 30.4 Å². The molecule has 1 N–H and O–H groups in total. The highest BCUT2D eigenvalue weighted by Gasteiger charge is 2.20. The van der Waals surface area contributed by atoms with E-state index < -0.39 is 0 Å². The second kappa shape index (κ2) is 6.29. The molecule has 106 valence electrons. The summed E-state index contributed by atoms with van der Waals surface area (Å²) < 4.78 is 11.1. The van der Waals surface area contributed by atoms with Gasteiger partial charge in [-0.3, -0.25) is 0 Å². The molecule has 19 heavy (non-hydrogen) atoms. The monoisotopic (exact) mass is 263 g/mol. The van der Waals surface area contributed by atoms with Crippen molar-refractivity contribution in [3.8, 4) is 11.5 Å². The summed E-state index contributed by atoms with van der Waals surface area (Å²) in [4.78, 5) is 0. The van der Waals surface area contributed by atoms with E-state index in [1.807, 2.05) is 0 Å². The lowest BCUT2D eigenvalue weighted by atomic mass is 9.93. The van der Waals surface area contributed by atoms with Crippen molar-refractivity contribution in [3.05, 3.63) is 22.8 Å². The summed E-state index contributed by atoms with van der Waals surface area (Å²) in [5.74, 6) is 1.78. The van der Waals surface area contributed by atoms with E-state index in [-0.39, 0.29) is 0 Å². The van der Waals surface area contributed by atoms with Crippen LogP contribution in [0, 0.1) is 13.8 Å². The molecule has 2 rings (SSSR count). The number of nitrogens with one attached hydrogen (secondary N) is 1. The van der Waals surface area contributed by atoms with Gasteiger partial charge in [0, 0.05) is 11.6 Å². The van der Waals surface area contributed by atoms with Gasteiger partial charge >= 0.3 is 0 Å². The minimum atomic E-state index is 0.564. The molecule has 1 saturated heterocycles. The maximum Gasteiger partial charge on any atom is 0.164 e. The van der Waals surface area contributed by atoms with E-state index >= 15 is 0 Å². The number of benzene rings is 1. The third kappa shape index (κ3) is 3.03. The first-order valence-electron chi connectivity index (χ1n) is 7.11. The number of piperidine rings is 1. The van der Waals surface area contributed by atoms with Crippen LogP contribution in [0.5, 0.6) is 11.5 Å². The van der Waals surface area contributed by atoms with Gasteiger partial charge in [-0.25, -0.2) is 0 Å². The molecular formula is C16H25NO2. The molecule has 0 bridgehead atoms. The van der Waals surface area contributed by atoms with Gasteiger partial charge in [0.1, 0.15) is 0 Å². The highest BCUT2D eigenvalue weighted by molar-refractivity contribution is 5.55. The molecule has 0 amide bonds. The molecule has 1 unspecified atom stereocenters. The maximum absolute atomic E-state index is 5.62. The van der Waals surface area contributed by atoms with Gasteiger partial charge in [0.2, 0.25) is 0 Å². The topological polar surface area (TPSA) is 30.5 Å². The Morgan fingerprint density at radius 1 is 1.11 bits per heavy atom. The lowest BCUT2D eigenvalue weighted by Crippen LogP contribution is -2.35. The molecule has 1 aromatic rings. The molecule has 3 nitrogen and oxygen atoms in total. The first kappa shape index (κ1) is 14.2. The van der Waals surface area contributed by atoms with Crippen LogP contribution in [-0.4, -0.2) is 26.8 Å². The standard InChI is InChI=1S/C16H25NO2/c1-11-9-12(2)15(18-3)16(19-4)14(11)10-13-7-5-6-8-17-13/h9,13,17H,5-8,10H2,1-4H3. The van der Waals surface area contributed by atoms with Crippen LogP contribution < -0.4 is 14.8 Å². The lowest BCUT2D eigenvalue weighted by molar-refractivity contribution is 0.343. The van der Waals surface area contributed by atoms with Gasteiger partial charge in [-0.2, -0.15) is 0 Å². The van der Waals surface area contributed by atoms with Crippen LogP contribution in [0.3, 0.4) is 0 Å². The first-order chi connectivity index (χ1) is 9.17. The number of rotatable bonds is 4. The van der Waals surface area contributed by atoms with Gasteiger partial charge in [-0.15, -0.1) is 0 Å². The number of aryl methyl sites for hydroxylation is 2. The van der Waals surface area contributed by atoms with Crippen LogP contribution in [0.4, 0.5) is 0 Å². The van der Waals surface area contributed by atoms with Gasteiger partial charge in [0.25, 0.3) is 0 Å². The van der Waals surface area contributed by atoms with Crippen LogP contribution in [0.15, 0.2) is 6.07 Å². The predicted molar refractivity (Wildman–Crippen MR) is 78.4 cm³/mol. The van der Waals surface area contributed by atoms with Crippen LogP contribution in [0.25, 0.3) is 0 Å². The van der Waals surface area contributed by atoms with Gasteiger partial charge < -0.3 is 14.8 Å². The third-order valence-corrected chi connectivity index (χ3v) is 4.02. The Labute approximate surface area is 116 Å². The van der Waals surface area contributed by atoms with Crippen molar-refractivity contribution >= 4 is 0 Å². The molecule has 0 aromatic heterocycles. The quantitative estimate of drug-likeness (QED) is 0.906. The molecule has 0 aliphatic carbocycles. The molecule has 1 atom stereocenters. The molecule has 1 heterocycles. The fourth-order valence-electron chi connectivity index (χ4n) is 3.04. The summed E-state index contributed by atoms with van der Waals surface area (Å²) in [6.45, 7) is 5.36. The second-order valence-electron chi connectivity index (χ2n) is 5.41. The smallest absolute Gasteiger partial charge is 0.164 e. The summed E-state index contributed by atoms with van der Waals surface area (Å²) in [5.41, 5.74) is 3.71. The van der Waals surface area contributed by atoms with Crippen molar-refractivity contribution in [2.75, 3.05) is 20.8 Å². The zero-order chi connectivity index (χ0) is 13.8. The Kier molecular flexibility index (Phi) is 4.70. The number of hydrogen-bond donors (Lipinski definition) is 1. The fraction of sp³-hybridized carbons (Fsp3) is 0.625. The molecule has 1 aliphatic rings. The number of methoxy groups -OCH3 is 2. The average Bonchev–Trinajstić information content (AvgIpc) is 2.42. The van der Waals surface area contributed by atoms with Gasteiger partial charge in [-0.05, 0) is 50.8 Å². The normalized spacial score (nSPS) is 19.3. The zero-order valence-electron chi connectivity index (χ0n) is 12.5. The summed E-state index contributed by atoms with van der Waals surface area (Å²) >= 11 is 0. The summed E-state index contributed by atoms with van der Waals surface area (Å²) in [7, 11) is 3.44. The van der Waals surface area contributed by atoms with Crippen molar-refractivity contribution in [2.45, 2.75) is 45.6 Å². The fourth-order valence-corrected chi connectivity index (χ4v) is 3.04. The molecule has 1 aromatic carbocycles. The van der Waals surface area contributed by atoms with E-state index in [2.05, 4.69) is 25.2 Å². The zero-order valence-corrected chi connectivity index (χ0v) is 12.5. The number of hydrogen-bond acceptors (Lipinski definition) is 3. The van der Waals surface area contributed by atoms with Crippen LogP contribution >= 0.6 is 0 Å². The second-order valence-corrected chi connectivity index (χ2v) is 5.41. The van der Waals surface area contributed by atoms with Crippen molar-refractivity contribution in [3.63, 3.8) is 0 Å². The van der Waals surface area contributed by atoms with Crippen molar-refractivity contribution in [1.82, 2.24) is 5.32 Å². The Bertz CT molecular complexity index is 437. The maximum atomic E-state index is 5.62. The van der Waals surface area contributed by atoms with Crippen LogP contribution in [0.1, 0.15) is 36.0 Å². The highest BCUT2D eigenvalue weighted by atomic mass is 16.5. The van der Waals surface area contributed by atoms with Crippen molar-refractivity contribution in [2.24, 2.45) is 0 Å². The van der Waals surface area contributed by atoms with E-state index in [4.69, 9.17) is 9.47 Å². The molecule has 0 radical (unpaired) electrons. The Morgan fingerprint density at radius 2 is 1.84 bits per heavy atom. The Balaban J connectivity index is 2.32. The largest absolute Gasteiger partial charge is 0.493 e. The molecular weight excluding hydrogens is 238 g/mol. The third-order valence-electron chi connectivity index (χ3n) is 4.02. The highest BCUT2D eigenvalue weighted by Crippen LogP contribution is 2.37. The summed E-state index contributed by atoms with van der Waals surface area (Å²) in [6, 6.07) is 2.76. The van der Waals surface area contributed by atoms with Gasteiger partial charge in [0.05, 0.1) is 14.2 Å². The molecule has 1 fully saturated rings. The average molecular weight is 263 g/mol. The first-order valence-corrected chi connectivity index (χ1v) is 7.11. The number of ether oxygens (including phenoxy) is 2. The van der Waals surface area contributed by atoms with Gasteiger partial charge in [-0.1, -0.05) is 12.5 Å². The molecule has 0 spiro atoms. The minimum Gasteiger partial charge on any atom is -0.493 e. The molecule has 1 aliphatic heterocycles. The van der Waals surface area contributed by atoms with Crippen LogP contribution in [0.2, 0.25) is 0 Å². The van der Waals surface area contributed by atoms with E-state index in [9.17, 15) is 0 Å². The summed E-state index contributed by atoms with van der Waals surface area (Å²) in [5, 5.41) is 3.60. The Morgan fingerprint density at radius 3 is 2.42 bits per heavy atom. The summed E-state index contributed by atoms with van der Waals surface area (Å²) in [6.07, 6.45) is 4.89. The van der Waals surface area contributed by atoms with E-state index in [0.717, 1.165) is 30.0 Å². The minimum absolute atomic E-state index is 0.564. The lowest BCUT2D eigenvalue weighted by Gasteiger charge is -2.26.